The standard InChI is InChI=1S/C31H56N4O5Si.O2Si/c1-8-40-41(23(2)24(41)3)22-14-18-32-27(36)17-10-9-11-19-33(7)28(37)25-15-12-20-34(25)29(38)26-16-13-21-35(26)30(39)31(4,5)6;1-3-2/h23-26H,8-22H2,1-7H3,(H,32,36);/t23?,24?,25-,26-,41?;/m0./s1. The molecule has 0 bridgehead atoms. The molecule has 11 nitrogen and oxygen atoms in total. The summed E-state index contributed by atoms with van der Waals surface area (Å²) in [6.45, 7) is 15.6. The zero-order chi connectivity index (χ0) is 33.1. The van der Waals surface area contributed by atoms with Gasteiger partial charge in [0.25, 0.3) is 0 Å². The smallest absolute Gasteiger partial charge is 0.417 e. The number of unbranched alkanes of at least 4 members (excludes halogenated alkanes) is 2. The Labute approximate surface area is 267 Å². The molecule has 3 fully saturated rings. The average Bonchev–Trinajstić information content (AvgIpc) is 3.45. The van der Waals surface area contributed by atoms with Crippen LogP contribution in [0.5, 0.6) is 0 Å². The lowest BCUT2D eigenvalue weighted by atomic mass is 9.94. The molecule has 3 heterocycles. The van der Waals surface area contributed by atoms with E-state index in [1.807, 2.05) is 20.8 Å². The molecule has 250 valence electrons. The fourth-order valence-corrected chi connectivity index (χ4v) is 12.0. The van der Waals surface area contributed by atoms with E-state index in [0.717, 1.165) is 68.8 Å². The predicted molar refractivity (Wildman–Crippen MR) is 171 cm³/mol. The Morgan fingerprint density at radius 3 is 2.09 bits per heavy atom. The lowest BCUT2D eigenvalue weighted by molar-refractivity contribution is -0.151. The fourth-order valence-electron chi connectivity index (χ4n) is 6.92. The highest BCUT2D eigenvalue weighted by Crippen LogP contribution is 2.61. The van der Waals surface area contributed by atoms with Crippen LogP contribution in [0.3, 0.4) is 0 Å². The van der Waals surface area contributed by atoms with Crippen molar-refractivity contribution in [3.63, 3.8) is 0 Å². The third-order valence-corrected chi connectivity index (χ3v) is 15.4. The van der Waals surface area contributed by atoms with Crippen molar-refractivity contribution in [2.45, 2.75) is 129 Å². The molecule has 0 aromatic heterocycles. The number of carbonyl (C=O) groups is 4. The molecule has 0 radical (unpaired) electrons. The van der Waals surface area contributed by atoms with E-state index in [1.165, 1.54) is 0 Å². The van der Waals surface area contributed by atoms with Crippen molar-refractivity contribution in [2.75, 3.05) is 39.8 Å². The van der Waals surface area contributed by atoms with Crippen molar-refractivity contribution in [1.82, 2.24) is 20.0 Å². The van der Waals surface area contributed by atoms with E-state index < -0.39 is 35.1 Å². The SMILES string of the molecule is CCO[Si]1(CCCNC(=O)CCCCCN(C)C(=O)[C@@H]2CCCN2C(=O)[C@@H]2CCCN2C(=O)C(C)(C)C)C(C)C1C.O=[Si]=O. The summed E-state index contributed by atoms with van der Waals surface area (Å²) in [7, 11) is -1.16. The Kier molecular flexibility index (Phi) is 15.2. The molecule has 0 spiro atoms. The van der Waals surface area contributed by atoms with Gasteiger partial charge in [-0.25, -0.2) is 0 Å². The maximum absolute atomic E-state index is 13.5. The number of nitrogens with one attached hydrogen (secondary N) is 1. The second kappa shape index (κ2) is 17.5. The number of nitrogens with zero attached hydrogens (tertiary/aromatic N) is 3. The van der Waals surface area contributed by atoms with E-state index in [1.54, 1.807) is 21.7 Å². The molecule has 1 N–H and O–H groups in total. The lowest BCUT2D eigenvalue weighted by Crippen LogP contribution is -2.54. The van der Waals surface area contributed by atoms with Crippen molar-refractivity contribution >= 4 is 41.2 Å². The Hall–Kier alpha value is -2.13. The van der Waals surface area contributed by atoms with Crippen LogP contribution in [0.25, 0.3) is 0 Å². The minimum atomic E-state index is -1.55. The number of likely N-dealkylation sites (tertiary alicyclic amines) is 2. The van der Waals surface area contributed by atoms with Gasteiger partial charge in [-0.1, -0.05) is 41.0 Å². The summed E-state index contributed by atoms with van der Waals surface area (Å²) >= 11 is 0. The second-order valence-electron chi connectivity index (χ2n) is 13.7. The van der Waals surface area contributed by atoms with E-state index in [-0.39, 0.29) is 23.6 Å². The number of rotatable bonds is 14. The zero-order valence-electron chi connectivity index (χ0n) is 28.1. The molecule has 0 saturated carbocycles. The van der Waals surface area contributed by atoms with Gasteiger partial charge in [0.1, 0.15) is 12.1 Å². The summed E-state index contributed by atoms with van der Waals surface area (Å²) in [6.07, 6.45) is 6.95. The molecule has 44 heavy (non-hydrogen) atoms. The van der Waals surface area contributed by atoms with Crippen LogP contribution in [0.15, 0.2) is 0 Å². The first kappa shape index (κ1) is 38.1. The summed E-state index contributed by atoms with van der Waals surface area (Å²) in [4.78, 5) is 57.2. The number of amides is 4. The van der Waals surface area contributed by atoms with Gasteiger partial charge in [-0.2, -0.15) is 0 Å². The Balaban J connectivity index is 0.00000216. The highest BCUT2D eigenvalue weighted by Gasteiger charge is 2.62. The van der Waals surface area contributed by atoms with Gasteiger partial charge in [-0.05, 0) is 69.0 Å². The number of hydrogen-bond donors (Lipinski definition) is 1. The Bertz CT molecular complexity index is 1020. The van der Waals surface area contributed by atoms with Crippen molar-refractivity contribution in [1.29, 1.82) is 0 Å². The maximum atomic E-state index is 13.5. The van der Waals surface area contributed by atoms with Crippen LogP contribution >= 0.6 is 0 Å². The normalized spacial score (nSPS) is 26.0. The van der Waals surface area contributed by atoms with Crippen LogP contribution in [-0.2, 0) is 32.5 Å². The molecule has 4 atom stereocenters. The first-order chi connectivity index (χ1) is 20.8. The fraction of sp³-hybridized carbons (Fsp3) is 0.871. The Morgan fingerprint density at radius 1 is 0.932 bits per heavy atom. The van der Waals surface area contributed by atoms with E-state index in [9.17, 15) is 19.2 Å². The van der Waals surface area contributed by atoms with Crippen LogP contribution in [0.2, 0.25) is 17.1 Å². The maximum Gasteiger partial charge on any atom is 0.549 e. The van der Waals surface area contributed by atoms with Gasteiger partial charge in [0.2, 0.25) is 23.6 Å². The summed E-state index contributed by atoms with van der Waals surface area (Å²) in [5, 5.41) is 3.07. The van der Waals surface area contributed by atoms with E-state index in [4.69, 9.17) is 13.3 Å². The molecular weight excluding hydrogens is 597 g/mol. The zero-order valence-corrected chi connectivity index (χ0v) is 30.1. The minimum absolute atomic E-state index is 0.000347. The Morgan fingerprint density at radius 2 is 1.52 bits per heavy atom. The molecule has 13 heteroatoms. The molecule has 0 aromatic carbocycles. The molecule has 0 aromatic rings. The first-order valence-electron chi connectivity index (χ1n) is 16.5. The van der Waals surface area contributed by atoms with Crippen molar-refractivity contribution in [2.24, 2.45) is 5.41 Å². The van der Waals surface area contributed by atoms with Gasteiger partial charge in [0.15, 0.2) is 8.32 Å². The molecule has 3 aliphatic heterocycles. The largest absolute Gasteiger partial charge is 0.549 e. The van der Waals surface area contributed by atoms with Crippen molar-refractivity contribution in [3.8, 4) is 0 Å². The predicted octanol–water partition coefficient (Wildman–Crippen LogP) is 3.70. The number of hydrogen-bond acceptors (Lipinski definition) is 7. The van der Waals surface area contributed by atoms with Crippen molar-refractivity contribution in [3.05, 3.63) is 0 Å². The monoisotopic (exact) mass is 652 g/mol. The average molecular weight is 653 g/mol. The van der Waals surface area contributed by atoms with Gasteiger partial charge in [0.05, 0.1) is 0 Å². The molecule has 4 amide bonds. The summed E-state index contributed by atoms with van der Waals surface area (Å²) in [6, 6.07) is 0.221. The van der Waals surface area contributed by atoms with Gasteiger partial charge in [-0.15, -0.1) is 0 Å². The third-order valence-electron chi connectivity index (χ3n) is 9.70. The topological polar surface area (TPSA) is 133 Å². The number of carbonyl (C=O) groups excluding carboxylic acids is 4. The highest BCUT2D eigenvalue weighted by molar-refractivity contribution is 6.87. The molecule has 3 rings (SSSR count). The molecule has 2 unspecified atom stereocenters. The van der Waals surface area contributed by atoms with E-state index in [2.05, 4.69) is 26.1 Å². The molecule has 3 saturated heterocycles. The summed E-state index contributed by atoms with van der Waals surface area (Å²) in [5.74, 6) is 0.00437. The summed E-state index contributed by atoms with van der Waals surface area (Å²) < 4.78 is 23.0. The minimum Gasteiger partial charge on any atom is -0.417 e. The van der Waals surface area contributed by atoms with Gasteiger partial charge in [-0.3, -0.25) is 28.1 Å². The quantitative estimate of drug-likeness (QED) is 0.224. The lowest BCUT2D eigenvalue weighted by Gasteiger charge is -2.34. The van der Waals surface area contributed by atoms with E-state index in [0.29, 0.717) is 38.9 Å². The van der Waals surface area contributed by atoms with Crippen LogP contribution in [0.4, 0.5) is 0 Å². The molecule has 3 aliphatic rings. The van der Waals surface area contributed by atoms with Gasteiger partial charge >= 0.3 is 9.29 Å². The van der Waals surface area contributed by atoms with Crippen LogP contribution in [-0.4, -0.2) is 108 Å². The van der Waals surface area contributed by atoms with E-state index >= 15 is 0 Å². The number of likely N-dealkylation sites (N-methyl/N-ethyl adjacent to an activating group) is 1. The van der Waals surface area contributed by atoms with Gasteiger partial charge in [0, 0.05) is 51.7 Å². The summed E-state index contributed by atoms with van der Waals surface area (Å²) in [5.41, 5.74) is 0.913. The first-order valence-corrected chi connectivity index (χ1v) is 19.6. The highest BCUT2D eigenvalue weighted by atomic mass is 28.4. The molecule has 0 aliphatic carbocycles. The molecular formula is C31H56N4O7Si2. The van der Waals surface area contributed by atoms with Gasteiger partial charge < -0.3 is 24.4 Å². The van der Waals surface area contributed by atoms with Crippen LogP contribution in [0, 0.1) is 5.41 Å². The van der Waals surface area contributed by atoms with Crippen LogP contribution in [0.1, 0.15) is 99.3 Å². The second-order valence-corrected chi connectivity index (χ2v) is 18.4. The van der Waals surface area contributed by atoms with Crippen LogP contribution < -0.4 is 5.32 Å². The van der Waals surface area contributed by atoms with Crippen molar-refractivity contribution < 1.29 is 32.5 Å². The third kappa shape index (κ3) is 9.94.